The summed E-state index contributed by atoms with van der Waals surface area (Å²) in [4.78, 5) is 2.53. The maximum Gasteiger partial charge on any atom is 0.0237 e. The highest BCUT2D eigenvalue weighted by Crippen LogP contribution is 2.10. The Morgan fingerprint density at radius 2 is 1.42 bits per heavy atom. The molecule has 2 rings (SSSR count). The van der Waals surface area contributed by atoms with Gasteiger partial charge in [0.2, 0.25) is 0 Å². The summed E-state index contributed by atoms with van der Waals surface area (Å²) in [5.74, 6) is 6.02. The molecule has 2 nitrogen and oxygen atoms in total. The van der Waals surface area contributed by atoms with Gasteiger partial charge in [-0.05, 0) is 31.0 Å². The van der Waals surface area contributed by atoms with Crippen molar-refractivity contribution in [3.63, 3.8) is 0 Å². The van der Waals surface area contributed by atoms with Gasteiger partial charge in [-0.1, -0.05) is 60.7 Å². The van der Waals surface area contributed by atoms with Crippen molar-refractivity contribution in [3.8, 4) is 11.8 Å². The molecule has 2 aromatic carbocycles. The van der Waals surface area contributed by atoms with E-state index < -0.39 is 0 Å². The van der Waals surface area contributed by atoms with Crippen LogP contribution in [0.3, 0.4) is 0 Å². The number of nitrogens with one attached hydrogen (secondary N) is 1. The van der Waals surface area contributed by atoms with Gasteiger partial charge < -0.3 is 5.32 Å². The Hall–Kier alpha value is -2.08. The van der Waals surface area contributed by atoms with E-state index in [4.69, 9.17) is 0 Å². The second-order valence-corrected chi connectivity index (χ2v) is 5.96. The minimum atomic E-state index is 0.939. The number of hydrogen-bond donors (Lipinski definition) is 1. The molecule has 2 heteroatoms. The van der Waals surface area contributed by atoms with E-state index in [0.717, 1.165) is 45.6 Å². The van der Waals surface area contributed by atoms with Gasteiger partial charge in [0.15, 0.2) is 0 Å². The Kier molecular flexibility index (Phi) is 8.72. The lowest BCUT2D eigenvalue weighted by Gasteiger charge is -2.22. The van der Waals surface area contributed by atoms with Crippen molar-refractivity contribution in [1.82, 2.24) is 10.2 Å². The number of hydrogen-bond acceptors (Lipinski definition) is 2. The third-order valence-corrected chi connectivity index (χ3v) is 3.93. The Balaban J connectivity index is 1.81. The molecule has 0 heterocycles. The van der Waals surface area contributed by atoms with Crippen LogP contribution in [0.1, 0.15) is 30.9 Å². The summed E-state index contributed by atoms with van der Waals surface area (Å²) < 4.78 is 0. The number of benzene rings is 2. The lowest BCUT2D eigenvalue weighted by atomic mass is 10.1. The van der Waals surface area contributed by atoms with Crippen LogP contribution in [0.15, 0.2) is 60.7 Å². The lowest BCUT2D eigenvalue weighted by Crippen LogP contribution is -2.27. The molecule has 1 N–H and O–H groups in total. The first-order valence-electron chi connectivity index (χ1n) is 8.79. The highest BCUT2D eigenvalue weighted by Gasteiger charge is 2.06. The minimum Gasteiger partial charge on any atom is -0.316 e. The summed E-state index contributed by atoms with van der Waals surface area (Å²) in [6.45, 7) is 7.01. The van der Waals surface area contributed by atoms with Crippen LogP contribution in [-0.4, -0.2) is 24.5 Å². The van der Waals surface area contributed by atoms with E-state index in [-0.39, 0.29) is 0 Å². The van der Waals surface area contributed by atoms with Crippen molar-refractivity contribution in [2.75, 3.05) is 19.6 Å². The summed E-state index contributed by atoms with van der Waals surface area (Å²) >= 11 is 0. The molecule has 0 radical (unpaired) electrons. The molecular weight excluding hydrogens is 292 g/mol. The van der Waals surface area contributed by atoms with Crippen molar-refractivity contribution < 1.29 is 0 Å². The molecule has 24 heavy (non-hydrogen) atoms. The maximum absolute atomic E-state index is 3.47. The maximum atomic E-state index is 3.47. The van der Waals surface area contributed by atoms with Crippen molar-refractivity contribution >= 4 is 0 Å². The van der Waals surface area contributed by atoms with Gasteiger partial charge >= 0.3 is 0 Å². The molecule has 0 atom stereocenters. The van der Waals surface area contributed by atoms with Crippen molar-refractivity contribution in [3.05, 3.63) is 71.8 Å². The largest absolute Gasteiger partial charge is 0.316 e. The molecule has 0 aromatic heterocycles. The SMILES string of the molecule is CC#CCCNCCCN(Cc1ccccc1)Cc1ccccc1. The first kappa shape index (κ1) is 18.3. The van der Waals surface area contributed by atoms with E-state index >= 15 is 0 Å². The molecule has 0 amide bonds. The summed E-state index contributed by atoms with van der Waals surface area (Å²) in [7, 11) is 0. The molecule has 0 unspecified atom stereocenters. The van der Waals surface area contributed by atoms with Crippen LogP contribution >= 0.6 is 0 Å². The summed E-state index contributed by atoms with van der Waals surface area (Å²) in [6, 6.07) is 21.5. The van der Waals surface area contributed by atoms with Crippen LogP contribution in [0.25, 0.3) is 0 Å². The van der Waals surface area contributed by atoms with Gasteiger partial charge in [0, 0.05) is 32.6 Å². The zero-order chi connectivity index (χ0) is 16.9. The third-order valence-electron chi connectivity index (χ3n) is 3.93. The summed E-state index contributed by atoms with van der Waals surface area (Å²) in [6.07, 6.45) is 2.09. The molecule has 0 fully saturated rings. The Labute approximate surface area is 146 Å². The fraction of sp³-hybridized carbons (Fsp3) is 0.364. The normalized spacial score (nSPS) is 10.4. The highest BCUT2D eigenvalue weighted by molar-refractivity contribution is 5.17. The predicted molar refractivity (Wildman–Crippen MR) is 103 cm³/mol. The average Bonchev–Trinajstić information content (AvgIpc) is 2.62. The van der Waals surface area contributed by atoms with Crippen LogP contribution in [0.4, 0.5) is 0 Å². The van der Waals surface area contributed by atoms with Gasteiger partial charge in [-0.15, -0.1) is 11.8 Å². The van der Waals surface area contributed by atoms with Crippen LogP contribution in [0.2, 0.25) is 0 Å². The summed E-state index contributed by atoms with van der Waals surface area (Å²) in [5, 5.41) is 3.47. The van der Waals surface area contributed by atoms with Gasteiger partial charge in [0.25, 0.3) is 0 Å². The second-order valence-electron chi connectivity index (χ2n) is 5.96. The molecule has 0 aliphatic heterocycles. The molecule has 0 aliphatic carbocycles. The lowest BCUT2D eigenvalue weighted by molar-refractivity contribution is 0.252. The molecule has 0 bridgehead atoms. The van der Waals surface area contributed by atoms with E-state index in [9.17, 15) is 0 Å². The van der Waals surface area contributed by atoms with Gasteiger partial charge in [-0.3, -0.25) is 4.90 Å². The second kappa shape index (κ2) is 11.5. The molecule has 2 aromatic rings. The molecule has 0 spiro atoms. The zero-order valence-electron chi connectivity index (χ0n) is 14.7. The number of nitrogens with zero attached hydrogens (tertiary/aromatic N) is 1. The van der Waals surface area contributed by atoms with Gasteiger partial charge in [-0.2, -0.15) is 0 Å². The minimum absolute atomic E-state index is 0.939. The van der Waals surface area contributed by atoms with Crippen LogP contribution < -0.4 is 5.32 Å². The molecule has 0 aliphatic rings. The van der Waals surface area contributed by atoms with Crippen LogP contribution in [-0.2, 0) is 13.1 Å². The zero-order valence-corrected chi connectivity index (χ0v) is 14.7. The van der Waals surface area contributed by atoms with E-state index in [1.54, 1.807) is 0 Å². The van der Waals surface area contributed by atoms with Crippen LogP contribution in [0.5, 0.6) is 0 Å². The smallest absolute Gasteiger partial charge is 0.0237 e. The monoisotopic (exact) mass is 320 g/mol. The summed E-state index contributed by atoms with van der Waals surface area (Å²) in [5.41, 5.74) is 2.75. The van der Waals surface area contributed by atoms with Crippen LogP contribution in [0, 0.1) is 11.8 Å². The van der Waals surface area contributed by atoms with Gasteiger partial charge in [0.05, 0.1) is 0 Å². The van der Waals surface area contributed by atoms with Crippen molar-refractivity contribution in [1.29, 1.82) is 0 Å². The quantitative estimate of drug-likeness (QED) is 0.524. The molecule has 126 valence electrons. The third kappa shape index (κ3) is 7.46. The highest BCUT2D eigenvalue weighted by atomic mass is 15.1. The first-order valence-corrected chi connectivity index (χ1v) is 8.79. The topological polar surface area (TPSA) is 15.3 Å². The number of rotatable bonds is 10. The fourth-order valence-electron chi connectivity index (χ4n) is 2.73. The standard InChI is InChI=1S/C22H28N2/c1-2-3-10-16-23-17-11-18-24(19-21-12-6-4-7-13-21)20-22-14-8-5-9-15-22/h4-9,12-15,23H,10-11,16-20H2,1H3. The van der Waals surface area contributed by atoms with Gasteiger partial charge in [0.1, 0.15) is 0 Å². The van der Waals surface area contributed by atoms with Crippen molar-refractivity contribution in [2.45, 2.75) is 32.9 Å². The van der Waals surface area contributed by atoms with Gasteiger partial charge in [-0.25, -0.2) is 0 Å². The molecular formula is C22H28N2. The Bertz CT molecular complexity index is 569. The fourth-order valence-corrected chi connectivity index (χ4v) is 2.73. The Morgan fingerprint density at radius 3 is 1.96 bits per heavy atom. The van der Waals surface area contributed by atoms with E-state index in [0.29, 0.717) is 0 Å². The molecule has 0 saturated carbocycles. The van der Waals surface area contributed by atoms with E-state index in [2.05, 4.69) is 82.7 Å². The molecule has 0 saturated heterocycles. The average molecular weight is 320 g/mol. The van der Waals surface area contributed by atoms with E-state index in [1.807, 2.05) is 6.92 Å². The Morgan fingerprint density at radius 1 is 0.833 bits per heavy atom. The van der Waals surface area contributed by atoms with Crippen molar-refractivity contribution in [2.24, 2.45) is 0 Å². The van der Waals surface area contributed by atoms with E-state index in [1.165, 1.54) is 11.1 Å². The predicted octanol–water partition coefficient (Wildman–Crippen LogP) is 4.08. The first-order chi connectivity index (χ1) is 11.9.